The van der Waals surface area contributed by atoms with Gasteiger partial charge in [0.1, 0.15) is 0 Å². The lowest BCUT2D eigenvalue weighted by Gasteiger charge is -2.61. The number of amides is 1. The molecule has 154 valence electrons. The summed E-state index contributed by atoms with van der Waals surface area (Å²) < 4.78 is 5.77. The smallest absolute Gasteiger partial charge is 0.312 e. The maximum absolute atomic E-state index is 13.4. The van der Waals surface area contributed by atoms with Crippen molar-refractivity contribution in [2.24, 2.45) is 17.3 Å². The standard InChI is InChI=1S/C24H30N2O3/c1-17(21(27)26(2)10-6-9-25)29-22(28)24-14-18-11-19(15-24)13-23(12-18,16-24)20-7-4-3-5-8-20/h3-5,7-8,17-19H,6,10-16H2,1-2H3/t17-,18-,19+,23?,24?/m1/s1. The average molecular weight is 395 g/mol. The molecule has 5 rings (SSSR count). The Balaban J connectivity index is 1.51. The fourth-order valence-corrected chi connectivity index (χ4v) is 6.61. The molecule has 4 saturated carbocycles. The zero-order valence-electron chi connectivity index (χ0n) is 17.4. The van der Waals surface area contributed by atoms with Crippen LogP contribution in [0.15, 0.2) is 30.3 Å². The van der Waals surface area contributed by atoms with Gasteiger partial charge in [-0.05, 0) is 68.3 Å². The van der Waals surface area contributed by atoms with Crippen LogP contribution in [-0.2, 0) is 19.7 Å². The fourth-order valence-electron chi connectivity index (χ4n) is 6.61. The second-order valence-corrected chi connectivity index (χ2v) is 9.60. The van der Waals surface area contributed by atoms with Gasteiger partial charge in [0.05, 0.1) is 17.9 Å². The first kappa shape index (κ1) is 19.9. The molecule has 0 heterocycles. The first-order valence-electron chi connectivity index (χ1n) is 10.8. The third-order valence-corrected chi connectivity index (χ3v) is 7.45. The van der Waals surface area contributed by atoms with Crippen LogP contribution in [0.4, 0.5) is 0 Å². The molecule has 0 aliphatic heterocycles. The first-order chi connectivity index (χ1) is 13.9. The normalized spacial score (nSPS) is 33.0. The lowest BCUT2D eigenvalue weighted by Crippen LogP contribution is -2.57. The summed E-state index contributed by atoms with van der Waals surface area (Å²) >= 11 is 0. The van der Waals surface area contributed by atoms with E-state index in [1.165, 1.54) is 16.9 Å². The van der Waals surface area contributed by atoms with Gasteiger partial charge in [0.15, 0.2) is 6.10 Å². The minimum Gasteiger partial charge on any atom is -0.452 e. The van der Waals surface area contributed by atoms with Crippen LogP contribution in [0, 0.1) is 28.6 Å². The van der Waals surface area contributed by atoms with Gasteiger partial charge >= 0.3 is 5.97 Å². The molecule has 0 radical (unpaired) electrons. The second-order valence-electron chi connectivity index (χ2n) is 9.60. The summed E-state index contributed by atoms with van der Waals surface area (Å²) in [5.74, 6) is 0.694. The number of hydrogen-bond donors (Lipinski definition) is 0. The number of nitriles is 1. The van der Waals surface area contributed by atoms with Gasteiger partial charge in [0.2, 0.25) is 0 Å². The van der Waals surface area contributed by atoms with Gasteiger partial charge in [-0.1, -0.05) is 30.3 Å². The molecular weight excluding hydrogens is 364 g/mol. The van der Waals surface area contributed by atoms with E-state index in [4.69, 9.17) is 10.00 Å². The highest BCUT2D eigenvalue weighted by molar-refractivity contribution is 5.85. The number of likely N-dealkylation sites (N-methyl/N-ethyl adjacent to an activating group) is 1. The summed E-state index contributed by atoms with van der Waals surface area (Å²) in [6.07, 6.45) is 5.62. The molecule has 0 N–H and O–H groups in total. The number of carbonyl (C=O) groups excluding carboxylic acids is 2. The van der Waals surface area contributed by atoms with Gasteiger partial charge in [0, 0.05) is 13.6 Å². The van der Waals surface area contributed by atoms with Crippen LogP contribution in [0.25, 0.3) is 0 Å². The molecule has 0 spiro atoms. The monoisotopic (exact) mass is 394 g/mol. The van der Waals surface area contributed by atoms with E-state index in [-0.39, 0.29) is 23.7 Å². The van der Waals surface area contributed by atoms with Gasteiger partial charge in [-0.15, -0.1) is 0 Å². The van der Waals surface area contributed by atoms with E-state index in [1.807, 2.05) is 12.1 Å². The van der Waals surface area contributed by atoms with Crippen LogP contribution in [-0.4, -0.2) is 36.5 Å². The number of carbonyl (C=O) groups is 2. The zero-order chi connectivity index (χ0) is 20.6. The Kier molecular flexibility index (Phi) is 5.14. The first-order valence-corrected chi connectivity index (χ1v) is 10.8. The highest BCUT2D eigenvalue weighted by Crippen LogP contribution is 2.66. The van der Waals surface area contributed by atoms with Crippen molar-refractivity contribution in [3.63, 3.8) is 0 Å². The number of esters is 1. The quantitative estimate of drug-likeness (QED) is 0.688. The van der Waals surface area contributed by atoms with Crippen molar-refractivity contribution in [3.8, 4) is 6.07 Å². The van der Waals surface area contributed by atoms with Crippen molar-refractivity contribution in [1.29, 1.82) is 5.26 Å². The fraction of sp³-hybridized carbons (Fsp3) is 0.625. The minimum atomic E-state index is -0.813. The van der Waals surface area contributed by atoms with E-state index in [0.717, 1.165) is 32.1 Å². The average Bonchev–Trinajstić information content (AvgIpc) is 2.71. The molecule has 5 nitrogen and oxygen atoms in total. The van der Waals surface area contributed by atoms with Gasteiger partial charge < -0.3 is 9.64 Å². The maximum atomic E-state index is 13.4. The molecule has 0 aromatic heterocycles. The predicted molar refractivity (Wildman–Crippen MR) is 109 cm³/mol. The molecule has 5 heteroatoms. The van der Waals surface area contributed by atoms with Gasteiger partial charge in [-0.2, -0.15) is 5.26 Å². The van der Waals surface area contributed by atoms with Crippen molar-refractivity contribution >= 4 is 11.9 Å². The Hall–Kier alpha value is -2.35. The van der Waals surface area contributed by atoms with E-state index in [1.54, 1.807) is 14.0 Å². The number of benzene rings is 1. The van der Waals surface area contributed by atoms with Crippen LogP contribution in [0.5, 0.6) is 0 Å². The molecule has 1 aromatic carbocycles. The largest absolute Gasteiger partial charge is 0.452 e. The van der Waals surface area contributed by atoms with Crippen LogP contribution in [0.1, 0.15) is 57.4 Å². The van der Waals surface area contributed by atoms with Crippen LogP contribution in [0.3, 0.4) is 0 Å². The lowest BCUT2D eigenvalue weighted by molar-refractivity contribution is -0.182. The van der Waals surface area contributed by atoms with Crippen LogP contribution in [0.2, 0.25) is 0 Å². The summed E-state index contributed by atoms with van der Waals surface area (Å²) in [6.45, 7) is 2.00. The Morgan fingerprint density at radius 3 is 2.48 bits per heavy atom. The van der Waals surface area contributed by atoms with Crippen molar-refractivity contribution in [2.45, 2.75) is 63.4 Å². The molecule has 1 aromatic rings. The summed E-state index contributed by atoms with van der Waals surface area (Å²) in [7, 11) is 1.65. The summed E-state index contributed by atoms with van der Waals surface area (Å²) in [6, 6.07) is 12.7. The molecule has 4 aliphatic carbocycles. The van der Waals surface area contributed by atoms with Gasteiger partial charge in [-0.25, -0.2) is 0 Å². The number of rotatable bonds is 6. The highest BCUT2D eigenvalue weighted by atomic mass is 16.5. The lowest BCUT2D eigenvalue weighted by atomic mass is 9.43. The third kappa shape index (κ3) is 3.54. The van der Waals surface area contributed by atoms with E-state index >= 15 is 0 Å². The Labute approximate surface area is 173 Å². The molecule has 29 heavy (non-hydrogen) atoms. The number of nitrogens with zero attached hydrogens (tertiary/aromatic N) is 2. The Morgan fingerprint density at radius 2 is 1.86 bits per heavy atom. The summed E-state index contributed by atoms with van der Waals surface area (Å²) in [4.78, 5) is 27.4. The molecule has 2 unspecified atom stereocenters. The van der Waals surface area contributed by atoms with Crippen molar-refractivity contribution in [3.05, 3.63) is 35.9 Å². The topological polar surface area (TPSA) is 70.4 Å². The summed E-state index contributed by atoms with van der Waals surface area (Å²) in [5.41, 5.74) is 0.965. The predicted octanol–water partition coefficient (Wildman–Crippen LogP) is 3.83. The van der Waals surface area contributed by atoms with Crippen LogP contribution >= 0.6 is 0 Å². The van der Waals surface area contributed by atoms with Crippen molar-refractivity contribution < 1.29 is 14.3 Å². The van der Waals surface area contributed by atoms with E-state index in [2.05, 4.69) is 24.3 Å². The van der Waals surface area contributed by atoms with Gasteiger partial charge in [-0.3, -0.25) is 9.59 Å². The SMILES string of the molecule is C[C@@H](OC(=O)C12C[C@H]3C[C@@H](C1)CC(c1ccccc1)(C3)C2)C(=O)N(C)CCC#N. The third-order valence-electron chi connectivity index (χ3n) is 7.45. The Bertz CT molecular complexity index is 814. The zero-order valence-corrected chi connectivity index (χ0v) is 17.4. The molecule has 4 fully saturated rings. The minimum absolute atomic E-state index is 0.0706. The van der Waals surface area contributed by atoms with Crippen molar-refractivity contribution in [2.75, 3.05) is 13.6 Å². The molecule has 1 amide bonds. The number of ether oxygens (including phenoxy) is 1. The molecule has 4 bridgehead atoms. The molecular formula is C24H30N2O3. The number of hydrogen-bond acceptors (Lipinski definition) is 4. The molecule has 5 atom stereocenters. The van der Waals surface area contributed by atoms with E-state index < -0.39 is 11.5 Å². The molecule has 4 aliphatic rings. The second kappa shape index (κ2) is 7.48. The van der Waals surface area contributed by atoms with E-state index in [0.29, 0.717) is 18.4 Å². The van der Waals surface area contributed by atoms with Crippen LogP contribution < -0.4 is 0 Å². The Morgan fingerprint density at radius 1 is 1.21 bits per heavy atom. The highest BCUT2D eigenvalue weighted by Gasteiger charge is 2.61. The van der Waals surface area contributed by atoms with E-state index in [9.17, 15) is 9.59 Å². The van der Waals surface area contributed by atoms with Gasteiger partial charge in [0.25, 0.3) is 5.91 Å². The maximum Gasteiger partial charge on any atom is 0.312 e. The summed E-state index contributed by atoms with van der Waals surface area (Å²) in [5, 5.41) is 8.72. The van der Waals surface area contributed by atoms with Crippen molar-refractivity contribution in [1.82, 2.24) is 4.90 Å². The molecule has 0 saturated heterocycles.